The van der Waals surface area contributed by atoms with Gasteiger partial charge in [-0.25, -0.2) is 0 Å². The van der Waals surface area contributed by atoms with Crippen LogP contribution in [0.15, 0.2) is 24.3 Å². The third kappa shape index (κ3) is 6.08. The summed E-state index contributed by atoms with van der Waals surface area (Å²) < 4.78 is 0. The molecule has 6 heteroatoms. The number of amides is 3. The Bertz CT molecular complexity index is 685. The minimum atomic E-state index is -0.466. The van der Waals surface area contributed by atoms with Gasteiger partial charge in [-0.3, -0.25) is 14.4 Å². The molecule has 1 fully saturated rings. The highest BCUT2D eigenvalue weighted by Crippen LogP contribution is 2.22. The molecule has 1 atom stereocenters. The highest BCUT2D eigenvalue weighted by Gasteiger charge is 2.31. The number of piperidine rings is 1. The number of carbonyl (C=O) groups is 3. The van der Waals surface area contributed by atoms with Crippen molar-refractivity contribution in [2.45, 2.75) is 59.4 Å². The predicted molar refractivity (Wildman–Crippen MR) is 107 cm³/mol. The molecular weight excluding hydrogens is 342 g/mol. The van der Waals surface area contributed by atoms with E-state index >= 15 is 0 Å². The first-order chi connectivity index (χ1) is 12.8. The first-order valence-corrected chi connectivity index (χ1v) is 9.79. The lowest BCUT2D eigenvalue weighted by atomic mass is 9.98. The van der Waals surface area contributed by atoms with Crippen molar-refractivity contribution in [2.24, 2.45) is 11.8 Å². The topological polar surface area (TPSA) is 78.5 Å². The van der Waals surface area contributed by atoms with Gasteiger partial charge < -0.3 is 15.5 Å². The molecule has 1 heterocycles. The van der Waals surface area contributed by atoms with Crippen molar-refractivity contribution in [1.82, 2.24) is 4.90 Å². The van der Waals surface area contributed by atoms with Crippen LogP contribution >= 0.6 is 0 Å². The van der Waals surface area contributed by atoms with Gasteiger partial charge in [0.05, 0.1) is 0 Å². The molecule has 1 unspecified atom stereocenters. The molecule has 0 radical (unpaired) electrons. The second-order valence-corrected chi connectivity index (χ2v) is 7.90. The molecule has 3 amide bonds. The summed E-state index contributed by atoms with van der Waals surface area (Å²) in [6, 6.07) is 6.63. The Kier molecular flexibility index (Phi) is 7.39. The fraction of sp³-hybridized carbons (Fsp3) is 0.571. The Morgan fingerprint density at radius 1 is 1.04 bits per heavy atom. The molecule has 0 spiro atoms. The molecule has 1 aromatic rings. The van der Waals surface area contributed by atoms with E-state index in [0.29, 0.717) is 36.7 Å². The fourth-order valence-electron chi connectivity index (χ4n) is 3.17. The monoisotopic (exact) mass is 373 g/mol. The van der Waals surface area contributed by atoms with Gasteiger partial charge in [-0.1, -0.05) is 33.8 Å². The average molecular weight is 373 g/mol. The molecule has 1 aromatic carbocycles. The minimum absolute atomic E-state index is 0.0556. The van der Waals surface area contributed by atoms with Gasteiger partial charge in [0.1, 0.15) is 6.04 Å². The van der Waals surface area contributed by atoms with Crippen molar-refractivity contribution in [3.05, 3.63) is 24.3 Å². The number of hydrogen-bond acceptors (Lipinski definition) is 3. The van der Waals surface area contributed by atoms with E-state index in [1.165, 1.54) is 0 Å². The van der Waals surface area contributed by atoms with Crippen LogP contribution in [0.1, 0.15) is 53.4 Å². The molecule has 0 aliphatic carbocycles. The Balaban J connectivity index is 2.12. The number of nitrogens with one attached hydrogen (secondary N) is 2. The van der Waals surface area contributed by atoms with E-state index in [1.807, 2.05) is 13.8 Å². The van der Waals surface area contributed by atoms with Crippen molar-refractivity contribution in [1.29, 1.82) is 0 Å². The number of anilines is 2. The van der Waals surface area contributed by atoms with E-state index < -0.39 is 6.04 Å². The molecule has 1 aliphatic heterocycles. The summed E-state index contributed by atoms with van der Waals surface area (Å²) in [4.78, 5) is 38.9. The van der Waals surface area contributed by atoms with Crippen LogP contribution in [0.5, 0.6) is 0 Å². The van der Waals surface area contributed by atoms with Gasteiger partial charge in [-0.2, -0.15) is 0 Å². The Labute approximate surface area is 161 Å². The summed E-state index contributed by atoms with van der Waals surface area (Å²) in [6.45, 7) is 8.39. The van der Waals surface area contributed by atoms with E-state index in [-0.39, 0.29) is 23.6 Å². The maximum absolute atomic E-state index is 12.9. The zero-order chi connectivity index (χ0) is 20.0. The van der Waals surface area contributed by atoms with Crippen LogP contribution in [0.2, 0.25) is 0 Å². The van der Waals surface area contributed by atoms with E-state index in [9.17, 15) is 14.4 Å². The van der Waals surface area contributed by atoms with Crippen LogP contribution in [0.3, 0.4) is 0 Å². The summed E-state index contributed by atoms with van der Waals surface area (Å²) in [7, 11) is 0. The first kappa shape index (κ1) is 20.9. The lowest BCUT2D eigenvalue weighted by molar-refractivity contribution is -0.141. The normalized spacial score (nSPS) is 15.8. The number of nitrogens with zero attached hydrogens (tertiary/aromatic N) is 1. The second-order valence-electron chi connectivity index (χ2n) is 7.90. The molecule has 2 rings (SSSR count). The Morgan fingerprint density at radius 2 is 1.67 bits per heavy atom. The molecule has 0 aromatic heterocycles. The molecule has 148 valence electrons. The second kappa shape index (κ2) is 9.53. The summed E-state index contributed by atoms with van der Waals surface area (Å²) in [6.07, 6.45) is 2.97. The van der Waals surface area contributed by atoms with Gasteiger partial charge in [-0.05, 0) is 43.4 Å². The maximum Gasteiger partial charge on any atom is 0.247 e. The van der Waals surface area contributed by atoms with Gasteiger partial charge in [0.2, 0.25) is 17.7 Å². The van der Waals surface area contributed by atoms with Crippen molar-refractivity contribution in [3.8, 4) is 0 Å². The highest BCUT2D eigenvalue weighted by molar-refractivity contribution is 5.98. The zero-order valence-electron chi connectivity index (χ0n) is 16.7. The smallest absolute Gasteiger partial charge is 0.247 e. The molecule has 2 N–H and O–H groups in total. The highest BCUT2D eigenvalue weighted by atomic mass is 16.2. The van der Waals surface area contributed by atoms with E-state index in [0.717, 1.165) is 12.8 Å². The lowest BCUT2D eigenvalue weighted by Gasteiger charge is -2.34. The number of benzene rings is 1. The van der Waals surface area contributed by atoms with Crippen LogP contribution in [-0.4, -0.2) is 35.2 Å². The Morgan fingerprint density at radius 3 is 2.22 bits per heavy atom. The van der Waals surface area contributed by atoms with Crippen LogP contribution in [0.25, 0.3) is 0 Å². The first-order valence-electron chi connectivity index (χ1n) is 9.79. The third-order valence-electron chi connectivity index (χ3n) is 4.66. The number of carbonyl (C=O) groups excluding carboxylic acids is 3. The van der Waals surface area contributed by atoms with E-state index in [2.05, 4.69) is 24.5 Å². The van der Waals surface area contributed by atoms with Gasteiger partial charge in [0.15, 0.2) is 0 Å². The van der Waals surface area contributed by atoms with Crippen LogP contribution in [-0.2, 0) is 14.4 Å². The molecule has 0 bridgehead atoms. The van der Waals surface area contributed by atoms with Crippen molar-refractivity contribution in [2.75, 3.05) is 17.2 Å². The third-order valence-corrected chi connectivity index (χ3v) is 4.66. The summed E-state index contributed by atoms with van der Waals surface area (Å²) in [5, 5.41) is 5.76. The molecule has 0 saturated carbocycles. The SMILES string of the molecule is CC(C)CC(C(=O)Nc1cccc(NC(=O)C(C)C)c1)N1CCCCC1=O. The fourth-order valence-corrected chi connectivity index (χ4v) is 3.17. The molecule has 1 aliphatic rings. The zero-order valence-corrected chi connectivity index (χ0v) is 16.7. The predicted octanol–water partition coefficient (Wildman–Crippen LogP) is 3.65. The van der Waals surface area contributed by atoms with Crippen molar-refractivity contribution >= 4 is 29.1 Å². The quantitative estimate of drug-likeness (QED) is 0.766. The number of likely N-dealkylation sites (tertiary alicyclic amines) is 1. The largest absolute Gasteiger partial charge is 0.331 e. The molecule has 6 nitrogen and oxygen atoms in total. The number of hydrogen-bond donors (Lipinski definition) is 2. The van der Waals surface area contributed by atoms with Crippen molar-refractivity contribution < 1.29 is 14.4 Å². The van der Waals surface area contributed by atoms with Gasteiger partial charge in [-0.15, -0.1) is 0 Å². The number of rotatable bonds is 7. The minimum Gasteiger partial charge on any atom is -0.331 e. The van der Waals surface area contributed by atoms with Crippen molar-refractivity contribution in [3.63, 3.8) is 0 Å². The van der Waals surface area contributed by atoms with Crippen LogP contribution < -0.4 is 10.6 Å². The standard InChI is InChI=1S/C21H31N3O3/c1-14(2)12-18(24-11-6-5-10-19(24)25)21(27)23-17-9-7-8-16(13-17)22-20(26)15(3)4/h7-9,13-15,18H,5-6,10-12H2,1-4H3,(H,22,26)(H,23,27). The maximum atomic E-state index is 12.9. The summed E-state index contributed by atoms with van der Waals surface area (Å²) in [5.74, 6) is -0.0164. The lowest BCUT2D eigenvalue weighted by Crippen LogP contribution is -2.49. The van der Waals surface area contributed by atoms with Crippen LogP contribution in [0.4, 0.5) is 11.4 Å². The van der Waals surface area contributed by atoms with E-state index in [1.54, 1.807) is 29.2 Å². The van der Waals surface area contributed by atoms with Crippen LogP contribution in [0, 0.1) is 11.8 Å². The average Bonchev–Trinajstić information content (AvgIpc) is 2.60. The van der Waals surface area contributed by atoms with E-state index in [4.69, 9.17) is 0 Å². The summed E-state index contributed by atoms with van der Waals surface area (Å²) in [5.41, 5.74) is 1.25. The van der Waals surface area contributed by atoms with Gasteiger partial charge in [0, 0.05) is 30.3 Å². The summed E-state index contributed by atoms with van der Waals surface area (Å²) >= 11 is 0. The molecule has 1 saturated heterocycles. The Hall–Kier alpha value is -2.37. The van der Waals surface area contributed by atoms with Gasteiger partial charge in [0.25, 0.3) is 0 Å². The molecular formula is C21H31N3O3. The molecule has 27 heavy (non-hydrogen) atoms. The van der Waals surface area contributed by atoms with Gasteiger partial charge >= 0.3 is 0 Å².